The molecule has 1 rings (SSSR count). The lowest BCUT2D eigenvalue weighted by atomic mass is 10.0. The number of hydrogen-bond donors (Lipinski definition) is 2. The maximum atomic E-state index is 13.0. The molecule has 0 amide bonds. The van der Waals surface area contributed by atoms with Crippen LogP contribution < -0.4 is 10.6 Å². The molecule has 0 aliphatic carbocycles. The molecule has 1 aromatic carbocycles. The third-order valence-electron chi connectivity index (χ3n) is 3.26. The Kier molecular flexibility index (Phi) is 4.44. The van der Waals surface area contributed by atoms with Crippen LogP contribution in [0.3, 0.4) is 0 Å². The second-order valence-electron chi connectivity index (χ2n) is 4.51. The molecular weight excluding hydrogens is 255 g/mol. The van der Waals surface area contributed by atoms with Crippen molar-refractivity contribution in [1.82, 2.24) is 0 Å². The number of nitrogen functional groups attached to an aromatic ring is 1. The summed E-state index contributed by atoms with van der Waals surface area (Å²) in [5, 5.41) is 7.22. The van der Waals surface area contributed by atoms with Crippen molar-refractivity contribution in [3.05, 3.63) is 29.3 Å². The highest BCUT2D eigenvalue weighted by molar-refractivity contribution is 5.97. The summed E-state index contributed by atoms with van der Waals surface area (Å²) >= 11 is 0. The number of halogens is 3. The van der Waals surface area contributed by atoms with E-state index in [9.17, 15) is 13.2 Å². The summed E-state index contributed by atoms with van der Waals surface area (Å²) in [6, 6.07) is 3.98. The van der Waals surface area contributed by atoms with Gasteiger partial charge in [-0.2, -0.15) is 13.2 Å². The first-order chi connectivity index (χ1) is 8.68. The average Bonchev–Trinajstić information content (AvgIpc) is 2.35. The molecule has 0 bridgehead atoms. The van der Waals surface area contributed by atoms with E-state index in [2.05, 4.69) is 0 Å². The fourth-order valence-corrected chi connectivity index (χ4v) is 1.75. The van der Waals surface area contributed by atoms with Crippen LogP contribution in [0.5, 0.6) is 0 Å². The van der Waals surface area contributed by atoms with Crippen molar-refractivity contribution in [1.29, 1.82) is 5.41 Å². The molecule has 0 radical (unpaired) electrons. The molecule has 1 unspecified atom stereocenters. The third-order valence-corrected chi connectivity index (χ3v) is 3.26. The number of alkyl halides is 3. The monoisotopic (exact) mass is 273 g/mol. The molecule has 0 aliphatic heterocycles. The van der Waals surface area contributed by atoms with Gasteiger partial charge in [-0.15, -0.1) is 0 Å². The Labute approximate surface area is 110 Å². The molecule has 6 heteroatoms. The number of anilines is 1. The molecule has 3 nitrogen and oxygen atoms in total. The number of amidine groups is 1. The normalized spacial score (nSPS) is 13.2. The lowest BCUT2D eigenvalue weighted by molar-refractivity contribution is -0.137. The van der Waals surface area contributed by atoms with Crippen molar-refractivity contribution in [3.8, 4) is 0 Å². The van der Waals surface area contributed by atoms with Gasteiger partial charge in [0.15, 0.2) is 0 Å². The predicted octanol–water partition coefficient (Wildman–Crippen LogP) is 3.22. The van der Waals surface area contributed by atoms with Crippen molar-refractivity contribution < 1.29 is 13.2 Å². The number of nitrogens with zero attached hydrogens (tertiary/aromatic N) is 1. The van der Waals surface area contributed by atoms with E-state index in [1.807, 2.05) is 13.8 Å². The number of nitrogens with one attached hydrogen (secondary N) is 1. The minimum Gasteiger partial charge on any atom is -0.384 e. The Morgan fingerprint density at radius 3 is 2.42 bits per heavy atom. The zero-order chi connectivity index (χ0) is 14.8. The lowest BCUT2D eigenvalue weighted by Gasteiger charge is -2.27. The van der Waals surface area contributed by atoms with Gasteiger partial charge in [0.25, 0.3) is 0 Å². The van der Waals surface area contributed by atoms with Crippen molar-refractivity contribution >= 4 is 11.5 Å². The van der Waals surface area contributed by atoms with Crippen LogP contribution in [0.4, 0.5) is 18.9 Å². The van der Waals surface area contributed by atoms with Crippen molar-refractivity contribution in [2.75, 3.05) is 11.9 Å². The summed E-state index contributed by atoms with van der Waals surface area (Å²) in [4.78, 5) is 1.78. The van der Waals surface area contributed by atoms with Gasteiger partial charge in [0, 0.05) is 24.3 Å². The Hall–Kier alpha value is -1.72. The molecular formula is C13H18F3N3. The van der Waals surface area contributed by atoms with Crippen LogP contribution >= 0.6 is 0 Å². The fraction of sp³-hybridized carbons (Fsp3) is 0.462. The molecule has 0 spiro atoms. The molecule has 0 saturated carbocycles. The smallest absolute Gasteiger partial charge is 0.384 e. The summed E-state index contributed by atoms with van der Waals surface area (Å²) in [5.41, 5.74) is 4.51. The van der Waals surface area contributed by atoms with Gasteiger partial charge in [-0.25, -0.2) is 0 Å². The topological polar surface area (TPSA) is 53.1 Å². The molecule has 0 aliphatic rings. The van der Waals surface area contributed by atoms with Gasteiger partial charge in [0.05, 0.1) is 5.56 Å². The fourth-order valence-electron chi connectivity index (χ4n) is 1.75. The van der Waals surface area contributed by atoms with E-state index >= 15 is 0 Å². The number of hydrogen-bond acceptors (Lipinski definition) is 2. The van der Waals surface area contributed by atoms with Crippen molar-refractivity contribution in [3.63, 3.8) is 0 Å². The first kappa shape index (κ1) is 15.3. The van der Waals surface area contributed by atoms with E-state index in [0.29, 0.717) is 5.69 Å². The number of benzene rings is 1. The lowest BCUT2D eigenvalue weighted by Crippen LogP contribution is -2.28. The molecule has 0 heterocycles. The van der Waals surface area contributed by atoms with Crippen LogP contribution in [-0.4, -0.2) is 18.9 Å². The van der Waals surface area contributed by atoms with E-state index in [-0.39, 0.29) is 11.6 Å². The Morgan fingerprint density at radius 2 is 2.00 bits per heavy atom. The SMILES string of the molecule is CCC(C)N(C)c1ccc(C(=N)N)c(C(F)(F)F)c1. The van der Waals surface area contributed by atoms with Crippen LogP contribution in [0, 0.1) is 5.41 Å². The molecule has 19 heavy (non-hydrogen) atoms. The molecule has 3 N–H and O–H groups in total. The van der Waals surface area contributed by atoms with Crippen LogP contribution in [0.2, 0.25) is 0 Å². The average molecular weight is 273 g/mol. The van der Waals surface area contributed by atoms with E-state index in [0.717, 1.165) is 12.5 Å². The molecule has 0 fully saturated rings. The highest BCUT2D eigenvalue weighted by atomic mass is 19.4. The summed E-state index contributed by atoms with van der Waals surface area (Å²) in [5.74, 6) is -0.579. The number of rotatable bonds is 4. The predicted molar refractivity (Wildman–Crippen MR) is 70.6 cm³/mol. The maximum absolute atomic E-state index is 13.0. The van der Waals surface area contributed by atoms with Crippen LogP contribution in [0.15, 0.2) is 18.2 Å². The highest BCUT2D eigenvalue weighted by Gasteiger charge is 2.34. The molecule has 0 saturated heterocycles. The summed E-state index contributed by atoms with van der Waals surface area (Å²) < 4.78 is 38.9. The molecule has 0 aromatic heterocycles. The van der Waals surface area contributed by atoms with Gasteiger partial charge in [-0.1, -0.05) is 6.92 Å². The van der Waals surface area contributed by atoms with Crippen LogP contribution in [0.25, 0.3) is 0 Å². The van der Waals surface area contributed by atoms with Gasteiger partial charge >= 0.3 is 6.18 Å². The summed E-state index contributed by atoms with van der Waals surface area (Å²) in [6.07, 6.45) is -3.69. The quantitative estimate of drug-likeness (QED) is 0.653. The van der Waals surface area contributed by atoms with Gasteiger partial charge in [0.1, 0.15) is 5.84 Å². The van der Waals surface area contributed by atoms with E-state index in [4.69, 9.17) is 11.1 Å². The zero-order valence-electron chi connectivity index (χ0n) is 11.2. The van der Waals surface area contributed by atoms with Crippen LogP contribution in [-0.2, 0) is 6.18 Å². The van der Waals surface area contributed by atoms with Gasteiger partial charge < -0.3 is 10.6 Å². The Bertz CT molecular complexity index is 469. The molecule has 1 aromatic rings. The number of nitrogens with two attached hydrogens (primary N) is 1. The Balaban J connectivity index is 3.30. The first-order valence-electron chi connectivity index (χ1n) is 5.97. The maximum Gasteiger partial charge on any atom is 0.417 e. The van der Waals surface area contributed by atoms with Gasteiger partial charge in [-0.3, -0.25) is 5.41 Å². The van der Waals surface area contributed by atoms with Gasteiger partial charge in [0.2, 0.25) is 0 Å². The van der Waals surface area contributed by atoms with Crippen molar-refractivity contribution in [2.24, 2.45) is 5.73 Å². The van der Waals surface area contributed by atoms with Gasteiger partial charge in [-0.05, 0) is 31.5 Å². The highest BCUT2D eigenvalue weighted by Crippen LogP contribution is 2.34. The summed E-state index contributed by atoms with van der Waals surface area (Å²) in [7, 11) is 1.75. The second-order valence-corrected chi connectivity index (χ2v) is 4.51. The van der Waals surface area contributed by atoms with Crippen molar-refractivity contribution in [2.45, 2.75) is 32.5 Å². The zero-order valence-corrected chi connectivity index (χ0v) is 11.2. The second kappa shape index (κ2) is 5.50. The standard InChI is InChI=1S/C13H18F3N3/c1-4-8(2)19(3)9-5-6-10(12(17)18)11(7-9)13(14,15)16/h5-8H,4H2,1-3H3,(H3,17,18). The summed E-state index contributed by atoms with van der Waals surface area (Å²) in [6.45, 7) is 3.90. The minimum atomic E-state index is -4.52. The third kappa shape index (κ3) is 3.39. The Morgan fingerprint density at radius 1 is 1.42 bits per heavy atom. The largest absolute Gasteiger partial charge is 0.417 e. The van der Waals surface area contributed by atoms with E-state index in [1.54, 1.807) is 18.0 Å². The van der Waals surface area contributed by atoms with E-state index in [1.165, 1.54) is 6.07 Å². The minimum absolute atomic E-state index is 0.129. The molecule has 1 atom stereocenters. The first-order valence-corrected chi connectivity index (χ1v) is 5.97. The van der Waals surface area contributed by atoms with Crippen LogP contribution in [0.1, 0.15) is 31.4 Å². The van der Waals surface area contributed by atoms with E-state index < -0.39 is 17.6 Å². The molecule has 106 valence electrons.